The molecule has 0 radical (unpaired) electrons. The fourth-order valence-electron chi connectivity index (χ4n) is 2.78. The molecule has 1 saturated heterocycles. The third-order valence-electron chi connectivity index (χ3n) is 4.06. The molecule has 22 heavy (non-hydrogen) atoms. The number of nitrogens with one attached hydrogen (secondary N) is 1. The number of unbranched alkanes of at least 4 members (excludes halogenated alkanes) is 2. The van der Waals surface area contributed by atoms with Crippen molar-refractivity contribution in [2.45, 2.75) is 58.1 Å². The van der Waals surface area contributed by atoms with Crippen LogP contribution in [-0.2, 0) is 20.9 Å². The summed E-state index contributed by atoms with van der Waals surface area (Å²) in [6, 6.07) is 9.76. The topological polar surface area (TPSA) is 55.4 Å². The van der Waals surface area contributed by atoms with Crippen LogP contribution in [0, 0.1) is 5.92 Å². The van der Waals surface area contributed by atoms with Gasteiger partial charge in [0.05, 0.1) is 5.92 Å². The SMILES string of the molecule is CCCCC[C@H]1C[C@@H](CC(=O)NCc2ccccc2)C(=O)O1. The molecule has 1 aliphatic rings. The number of rotatable bonds is 8. The van der Waals surface area contributed by atoms with Crippen LogP contribution < -0.4 is 5.32 Å². The van der Waals surface area contributed by atoms with E-state index in [2.05, 4.69) is 12.2 Å². The first-order valence-corrected chi connectivity index (χ1v) is 8.20. The van der Waals surface area contributed by atoms with Crippen molar-refractivity contribution in [2.24, 2.45) is 5.92 Å². The predicted octanol–water partition coefficient (Wildman–Crippen LogP) is 3.20. The average molecular weight is 303 g/mol. The molecular weight excluding hydrogens is 278 g/mol. The number of benzene rings is 1. The van der Waals surface area contributed by atoms with E-state index >= 15 is 0 Å². The summed E-state index contributed by atoms with van der Waals surface area (Å²) in [7, 11) is 0. The molecule has 0 bridgehead atoms. The highest BCUT2D eigenvalue weighted by molar-refractivity contribution is 5.84. The van der Waals surface area contributed by atoms with Crippen LogP contribution in [0.1, 0.15) is 51.0 Å². The first-order chi connectivity index (χ1) is 10.7. The van der Waals surface area contributed by atoms with E-state index in [1.54, 1.807) is 0 Å². The average Bonchev–Trinajstić information content (AvgIpc) is 2.86. The molecule has 2 rings (SSSR count). The van der Waals surface area contributed by atoms with Crippen molar-refractivity contribution in [3.05, 3.63) is 35.9 Å². The van der Waals surface area contributed by atoms with Crippen molar-refractivity contribution in [1.82, 2.24) is 5.32 Å². The third-order valence-corrected chi connectivity index (χ3v) is 4.06. The maximum absolute atomic E-state index is 12.0. The van der Waals surface area contributed by atoms with Crippen LogP contribution >= 0.6 is 0 Å². The zero-order valence-corrected chi connectivity index (χ0v) is 13.2. The second-order valence-electron chi connectivity index (χ2n) is 5.95. The van der Waals surface area contributed by atoms with Crippen LogP contribution in [0.25, 0.3) is 0 Å². The monoisotopic (exact) mass is 303 g/mol. The Balaban J connectivity index is 1.71. The summed E-state index contributed by atoms with van der Waals surface area (Å²) in [5.41, 5.74) is 1.06. The fourth-order valence-corrected chi connectivity index (χ4v) is 2.78. The van der Waals surface area contributed by atoms with E-state index in [0.29, 0.717) is 13.0 Å². The van der Waals surface area contributed by atoms with Crippen LogP contribution in [0.2, 0.25) is 0 Å². The van der Waals surface area contributed by atoms with E-state index in [9.17, 15) is 9.59 Å². The van der Waals surface area contributed by atoms with Gasteiger partial charge in [-0.05, 0) is 24.8 Å². The number of ether oxygens (including phenoxy) is 1. The standard InChI is InChI=1S/C18H25NO3/c1-2-3-5-10-16-11-15(18(21)22-16)12-17(20)19-13-14-8-6-4-7-9-14/h4,6-9,15-16H,2-3,5,10-13H2,1H3,(H,19,20)/t15-,16-/m0/s1. The Morgan fingerprint density at radius 2 is 2.05 bits per heavy atom. The highest BCUT2D eigenvalue weighted by Gasteiger charge is 2.35. The van der Waals surface area contributed by atoms with Gasteiger partial charge in [-0.2, -0.15) is 0 Å². The molecule has 1 N–H and O–H groups in total. The molecule has 1 aromatic carbocycles. The van der Waals surface area contributed by atoms with Crippen LogP contribution in [0.15, 0.2) is 30.3 Å². The van der Waals surface area contributed by atoms with Crippen LogP contribution in [0.3, 0.4) is 0 Å². The van der Waals surface area contributed by atoms with E-state index in [1.165, 1.54) is 0 Å². The summed E-state index contributed by atoms with van der Waals surface area (Å²) in [6.45, 7) is 2.65. The fraction of sp³-hybridized carbons (Fsp3) is 0.556. The number of carbonyl (C=O) groups is 2. The third kappa shape index (κ3) is 5.17. The van der Waals surface area contributed by atoms with Crippen molar-refractivity contribution in [1.29, 1.82) is 0 Å². The maximum Gasteiger partial charge on any atom is 0.309 e. The molecule has 1 heterocycles. The van der Waals surface area contributed by atoms with Crippen LogP contribution in [0.5, 0.6) is 0 Å². The molecule has 2 atom stereocenters. The Kier molecular flexibility index (Phi) is 6.44. The van der Waals surface area contributed by atoms with Crippen molar-refractivity contribution in [3.63, 3.8) is 0 Å². The van der Waals surface area contributed by atoms with Crippen molar-refractivity contribution >= 4 is 11.9 Å². The van der Waals surface area contributed by atoms with E-state index in [0.717, 1.165) is 31.2 Å². The molecule has 1 aliphatic heterocycles. The Morgan fingerprint density at radius 1 is 1.27 bits per heavy atom. The number of cyclic esters (lactones) is 1. The molecule has 0 spiro atoms. The first-order valence-electron chi connectivity index (χ1n) is 8.20. The maximum atomic E-state index is 12.0. The number of amides is 1. The van der Waals surface area contributed by atoms with E-state index < -0.39 is 0 Å². The van der Waals surface area contributed by atoms with Gasteiger partial charge in [-0.25, -0.2) is 0 Å². The van der Waals surface area contributed by atoms with Gasteiger partial charge in [0, 0.05) is 13.0 Å². The molecule has 0 aromatic heterocycles. The van der Waals surface area contributed by atoms with Gasteiger partial charge in [-0.1, -0.05) is 50.1 Å². The van der Waals surface area contributed by atoms with Gasteiger partial charge in [0.2, 0.25) is 5.91 Å². The highest BCUT2D eigenvalue weighted by Crippen LogP contribution is 2.27. The number of hydrogen-bond donors (Lipinski definition) is 1. The molecule has 0 saturated carbocycles. The smallest absolute Gasteiger partial charge is 0.309 e. The highest BCUT2D eigenvalue weighted by atomic mass is 16.5. The summed E-state index contributed by atoms with van der Waals surface area (Å²) in [6.07, 6.45) is 5.24. The minimum Gasteiger partial charge on any atom is -0.462 e. The molecular formula is C18H25NO3. The predicted molar refractivity (Wildman–Crippen MR) is 85.0 cm³/mol. The molecule has 120 valence electrons. The number of carbonyl (C=O) groups excluding carboxylic acids is 2. The van der Waals surface area contributed by atoms with E-state index in [-0.39, 0.29) is 30.3 Å². The van der Waals surface area contributed by atoms with Gasteiger partial charge < -0.3 is 10.1 Å². The van der Waals surface area contributed by atoms with Crippen molar-refractivity contribution in [3.8, 4) is 0 Å². The molecule has 1 fully saturated rings. The van der Waals surface area contributed by atoms with Gasteiger partial charge in [-0.15, -0.1) is 0 Å². The zero-order chi connectivity index (χ0) is 15.8. The molecule has 1 amide bonds. The van der Waals surface area contributed by atoms with Gasteiger partial charge in [0.25, 0.3) is 0 Å². The summed E-state index contributed by atoms with van der Waals surface area (Å²) >= 11 is 0. The van der Waals surface area contributed by atoms with E-state index in [1.807, 2.05) is 30.3 Å². The Hall–Kier alpha value is -1.84. The molecule has 0 aliphatic carbocycles. The van der Waals surface area contributed by atoms with Gasteiger partial charge in [0.15, 0.2) is 0 Å². The van der Waals surface area contributed by atoms with Crippen molar-refractivity contribution in [2.75, 3.05) is 0 Å². The lowest BCUT2D eigenvalue weighted by molar-refractivity contribution is -0.145. The van der Waals surface area contributed by atoms with Crippen LogP contribution in [0.4, 0.5) is 0 Å². The Morgan fingerprint density at radius 3 is 2.77 bits per heavy atom. The number of esters is 1. The minimum absolute atomic E-state index is 0.00553. The second-order valence-corrected chi connectivity index (χ2v) is 5.95. The summed E-state index contributed by atoms with van der Waals surface area (Å²) < 4.78 is 5.37. The summed E-state index contributed by atoms with van der Waals surface area (Å²) in [5.74, 6) is -0.571. The number of hydrogen-bond acceptors (Lipinski definition) is 3. The summed E-state index contributed by atoms with van der Waals surface area (Å²) in [4.78, 5) is 23.8. The minimum atomic E-state index is -0.276. The van der Waals surface area contributed by atoms with Gasteiger partial charge in [-0.3, -0.25) is 9.59 Å². The zero-order valence-electron chi connectivity index (χ0n) is 13.2. The lowest BCUT2D eigenvalue weighted by Gasteiger charge is -2.08. The first kappa shape index (κ1) is 16.5. The Labute approximate surface area is 132 Å². The lowest BCUT2D eigenvalue weighted by atomic mass is 9.98. The van der Waals surface area contributed by atoms with E-state index in [4.69, 9.17) is 4.74 Å². The normalized spacial score (nSPS) is 20.7. The van der Waals surface area contributed by atoms with Crippen LogP contribution in [-0.4, -0.2) is 18.0 Å². The quantitative estimate of drug-likeness (QED) is 0.592. The lowest BCUT2D eigenvalue weighted by Crippen LogP contribution is -2.26. The molecule has 0 unspecified atom stereocenters. The molecule has 4 nitrogen and oxygen atoms in total. The van der Waals surface area contributed by atoms with Gasteiger partial charge >= 0.3 is 5.97 Å². The summed E-state index contributed by atoms with van der Waals surface area (Å²) in [5, 5.41) is 2.87. The van der Waals surface area contributed by atoms with Crippen molar-refractivity contribution < 1.29 is 14.3 Å². The largest absolute Gasteiger partial charge is 0.462 e. The Bertz CT molecular complexity index is 486. The molecule has 4 heteroatoms. The van der Waals surface area contributed by atoms with Gasteiger partial charge in [0.1, 0.15) is 6.10 Å². The molecule has 1 aromatic rings. The second kappa shape index (κ2) is 8.57.